The van der Waals surface area contributed by atoms with Crippen LogP contribution in [0, 0.1) is 0 Å². The van der Waals surface area contributed by atoms with E-state index >= 15 is 0 Å². The van der Waals surface area contributed by atoms with Crippen LogP contribution in [0.4, 0.5) is 5.13 Å². The van der Waals surface area contributed by atoms with Gasteiger partial charge in [0.2, 0.25) is 11.0 Å². The minimum absolute atomic E-state index is 0.648. The molecule has 0 aliphatic rings. The van der Waals surface area contributed by atoms with Gasteiger partial charge in [0.15, 0.2) is 5.76 Å². The molecular formula is C13H13N3OS. The monoisotopic (exact) mass is 259 g/mol. The van der Waals surface area contributed by atoms with Crippen LogP contribution < -0.4 is 5.32 Å². The number of benzene rings is 1. The van der Waals surface area contributed by atoms with Crippen LogP contribution in [0.3, 0.4) is 0 Å². The van der Waals surface area contributed by atoms with E-state index in [0.29, 0.717) is 5.82 Å². The maximum absolute atomic E-state index is 5.73. The van der Waals surface area contributed by atoms with E-state index in [9.17, 15) is 0 Å². The highest BCUT2D eigenvalue weighted by atomic mass is 32.1. The van der Waals surface area contributed by atoms with Crippen molar-refractivity contribution in [2.24, 2.45) is 0 Å². The highest BCUT2D eigenvalue weighted by Gasteiger charge is 2.11. The molecule has 0 aliphatic heterocycles. The Morgan fingerprint density at radius 1 is 1.33 bits per heavy atom. The third-order valence-electron chi connectivity index (χ3n) is 2.60. The van der Waals surface area contributed by atoms with Crippen molar-refractivity contribution >= 4 is 27.6 Å². The van der Waals surface area contributed by atoms with Gasteiger partial charge in [-0.05, 0) is 18.6 Å². The predicted octanol–water partition coefficient (Wildman–Crippen LogP) is 3.77. The van der Waals surface area contributed by atoms with Crippen molar-refractivity contribution in [2.75, 3.05) is 11.9 Å². The number of furan rings is 1. The lowest BCUT2D eigenvalue weighted by Gasteiger charge is -1.95. The van der Waals surface area contributed by atoms with Crippen molar-refractivity contribution in [1.82, 2.24) is 9.36 Å². The minimum atomic E-state index is 0.648. The number of para-hydroxylation sites is 1. The Hall–Kier alpha value is -1.88. The average molecular weight is 259 g/mol. The van der Waals surface area contributed by atoms with Crippen LogP contribution in [-0.4, -0.2) is 15.9 Å². The molecule has 3 rings (SSSR count). The molecule has 0 unspecified atom stereocenters. The SMILES string of the molecule is CCCNc1nc(-c2cc3ccccc3o2)ns1. The summed E-state index contributed by atoms with van der Waals surface area (Å²) in [5.41, 5.74) is 0.866. The quantitative estimate of drug-likeness (QED) is 0.774. The zero-order chi connectivity index (χ0) is 12.4. The Balaban J connectivity index is 1.91. The zero-order valence-corrected chi connectivity index (χ0v) is 10.8. The summed E-state index contributed by atoms with van der Waals surface area (Å²) in [4.78, 5) is 4.42. The molecule has 92 valence electrons. The molecule has 0 fully saturated rings. The van der Waals surface area contributed by atoms with E-state index in [2.05, 4.69) is 21.6 Å². The van der Waals surface area contributed by atoms with Gasteiger partial charge in [-0.2, -0.15) is 9.36 Å². The Morgan fingerprint density at radius 3 is 3.06 bits per heavy atom. The maximum atomic E-state index is 5.73. The standard InChI is InChI=1S/C13H13N3OS/c1-2-7-14-13-15-12(16-18-13)11-8-9-5-3-4-6-10(9)17-11/h3-6,8H,2,7H2,1H3,(H,14,15,16). The molecule has 18 heavy (non-hydrogen) atoms. The van der Waals surface area contributed by atoms with Crippen LogP contribution in [0.5, 0.6) is 0 Å². The summed E-state index contributed by atoms with van der Waals surface area (Å²) in [5, 5.41) is 5.14. The third-order valence-corrected chi connectivity index (χ3v) is 3.27. The zero-order valence-electron chi connectivity index (χ0n) is 10.0. The van der Waals surface area contributed by atoms with Crippen LogP contribution in [-0.2, 0) is 0 Å². The summed E-state index contributed by atoms with van der Waals surface area (Å²) in [6.45, 7) is 3.03. The number of anilines is 1. The minimum Gasteiger partial charge on any atom is -0.453 e. The summed E-state index contributed by atoms with van der Waals surface area (Å²) in [6, 6.07) is 9.88. The van der Waals surface area contributed by atoms with Crippen LogP contribution in [0.15, 0.2) is 34.7 Å². The number of nitrogens with one attached hydrogen (secondary N) is 1. The number of hydrogen-bond donors (Lipinski definition) is 1. The lowest BCUT2D eigenvalue weighted by molar-refractivity contribution is 0.627. The van der Waals surface area contributed by atoms with Crippen molar-refractivity contribution in [1.29, 1.82) is 0 Å². The molecule has 0 atom stereocenters. The Morgan fingerprint density at radius 2 is 2.22 bits per heavy atom. The van der Waals surface area contributed by atoms with E-state index in [1.807, 2.05) is 30.3 Å². The van der Waals surface area contributed by atoms with Crippen LogP contribution >= 0.6 is 11.5 Å². The molecular weight excluding hydrogens is 246 g/mol. The van der Waals surface area contributed by atoms with Gasteiger partial charge >= 0.3 is 0 Å². The Kier molecular flexibility index (Phi) is 2.98. The number of rotatable bonds is 4. The lowest BCUT2D eigenvalue weighted by atomic mass is 10.2. The van der Waals surface area contributed by atoms with E-state index in [-0.39, 0.29) is 0 Å². The summed E-state index contributed by atoms with van der Waals surface area (Å²) in [6.07, 6.45) is 1.07. The Labute approximate surface area is 109 Å². The molecule has 0 aliphatic carbocycles. The largest absolute Gasteiger partial charge is 0.453 e. The molecule has 5 heteroatoms. The molecule has 0 radical (unpaired) electrons. The third kappa shape index (κ3) is 2.09. The van der Waals surface area contributed by atoms with Crippen molar-refractivity contribution < 1.29 is 4.42 Å². The summed E-state index contributed by atoms with van der Waals surface area (Å²) < 4.78 is 10.0. The van der Waals surface area contributed by atoms with Crippen LogP contribution in [0.25, 0.3) is 22.6 Å². The summed E-state index contributed by atoms with van der Waals surface area (Å²) in [5.74, 6) is 1.37. The molecule has 0 amide bonds. The number of nitrogens with zero attached hydrogens (tertiary/aromatic N) is 2. The first kappa shape index (κ1) is 11.2. The van der Waals surface area contributed by atoms with Crippen LogP contribution in [0.2, 0.25) is 0 Å². The van der Waals surface area contributed by atoms with Crippen molar-refractivity contribution in [3.63, 3.8) is 0 Å². The van der Waals surface area contributed by atoms with Gasteiger partial charge in [0, 0.05) is 23.5 Å². The normalized spacial score (nSPS) is 10.9. The summed E-state index contributed by atoms with van der Waals surface area (Å²) in [7, 11) is 0. The molecule has 4 nitrogen and oxygen atoms in total. The number of hydrogen-bond acceptors (Lipinski definition) is 5. The first-order valence-corrected chi connectivity index (χ1v) is 6.70. The molecule has 0 saturated heterocycles. The van der Waals surface area contributed by atoms with E-state index in [1.165, 1.54) is 11.5 Å². The topological polar surface area (TPSA) is 51.0 Å². The first-order valence-electron chi connectivity index (χ1n) is 5.93. The molecule has 0 spiro atoms. The van der Waals surface area contributed by atoms with Gasteiger partial charge in [-0.25, -0.2) is 0 Å². The molecule has 3 aromatic rings. The average Bonchev–Trinajstić information content (AvgIpc) is 3.02. The van der Waals surface area contributed by atoms with Gasteiger partial charge in [0.25, 0.3) is 0 Å². The summed E-state index contributed by atoms with van der Waals surface area (Å²) >= 11 is 1.36. The molecule has 2 heterocycles. The lowest BCUT2D eigenvalue weighted by Crippen LogP contribution is -1.98. The molecule has 1 N–H and O–H groups in total. The Bertz CT molecular complexity index is 626. The molecule has 1 aromatic carbocycles. The van der Waals surface area contributed by atoms with Gasteiger partial charge in [-0.1, -0.05) is 25.1 Å². The second-order valence-electron chi connectivity index (χ2n) is 4.00. The highest BCUT2D eigenvalue weighted by Crippen LogP contribution is 2.27. The van der Waals surface area contributed by atoms with Gasteiger partial charge < -0.3 is 9.73 Å². The molecule has 0 saturated carbocycles. The fraction of sp³-hybridized carbons (Fsp3) is 0.231. The van der Waals surface area contributed by atoms with Crippen molar-refractivity contribution in [2.45, 2.75) is 13.3 Å². The van der Waals surface area contributed by atoms with E-state index < -0.39 is 0 Å². The number of aromatic nitrogens is 2. The van der Waals surface area contributed by atoms with Crippen molar-refractivity contribution in [3.05, 3.63) is 30.3 Å². The first-order chi connectivity index (χ1) is 8.86. The van der Waals surface area contributed by atoms with Gasteiger partial charge in [0.05, 0.1) is 0 Å². The van der Waals surface area contributed by atoms with Gasteiger partial charge in [-0.3, -0.25) is 0 Å². The fourth-order valence-electron chi connectivity index (χ4n) is 1.72. The van der Waals surface area contributed by atoms with E-state index in [1.54, 1.807) is 0 Å². The fourth-order valence-corrected chi connectivity index (χ4v) is 2.32. The second-order valence-corrected chi connectivity index (χ2v) is 4.75. The van der Waals surface area contributed by atoms with Crippen molar-refractivity contribution in [3.8, 4) is 11.6 Å². The van der Waals surface area contributed by atoms with Gasteiger partial charge in [0.1, 0.15) is 5.58 Å². The van der Waals surface area contributed by atoms with Crippen LogP contribution in [0.1, 0.15) is 13.3 Å². The predicted molar refractivity (Wildman–Crippen MR) is 73.9 cm³/mol. The second kappa shape index (κ2) is 4.78. The highest BCUT2D eigenvalue weighted by molar-refractivity contribution is 7.09. The molecule has 0 bridgehead atoms. The van der Waals surface area contributed by atoms with E-state index in [0.717, 1.165) is 34.8 Å². The van der Waals surface area contributed by atoms with Gasteiger partial charge in [-0.15, -0.1) is 0 Å². The molecule has 2 aromatic heterocycles. The smallest absolute Gasteiger partial charge is 0.210 e. The van der Waals surface area contributed by atoms with E-state index in [4.69, 9.17) is 4.42 Å². The number of fused-ring (bicyclic) bond motifs is 1. The maximum Gasteiger partial charge on any atom is 0.210 e.